The van der Waals surface area contributed by atoms with Gasteiger partial charge in [0.25, 0.3) is 5.91 Å². The lowest BCUT2D eigenvalue weighted by Gasteiger charge is -2.07. The average Bonchev–Trinajstić information content (AvgIpc) is 3.06. The number of aromatic carboxylic acids is 1. The van der Waals surface area contributed by atoms with Crippen molar-refractivity contribution >= 4 is 29.2 Å². The largest absolute Gasteiger partial charge is 0.478 e. The molecule has 8 heteroatoms. The fraction of sp³-hybridized carbons (Fsp3) is 0. The average molecular weight is 361 g/mol. The van der Waals surface area contributed by atoms with Gasteiger partial charge in [-0.15, -0.1) is 0 Å². The van der Waals surface area contributed by atoms with Crippen LogP contribution >= 0.6 is 11.6 Å². The molecule has 1 heterocycles. The van der Waals surface area contributed by atoms with E-state index in [-0.39, 0.29) is 33.3 Å². The summed E-state index contributed by atoms with van der Waals surface area (Å²) in [6, 6.07) is 11.2. The molecule has 1 amide bonds. The smallest absolute Gasteiger partial charge is 0.337 e. The van der Waals surface area contributed by atoms with Gasteiger partial charge in [0.1, 0.15) is 5.82 Å². The third-order valence-corrected chi connectivity index (χ3v) is 3.58. The van der Waals surface area contributed by atoms with Crippen LogP contribution in [-0.4, -0.2) is 22.1 Å². The molecule has 0 unspecified atom stereocenters. The highest BCUT2D eigenvalue weighted by Gasteiger charge is 2.18. The number of carboxylic acids is 1. The molecule has 0 aliphatic heterocycles. The number of carbonyl (C=O) groups is 2. The number of amides is 1. The maximum atomic E-state index is 13.7. The van der Waals surface area contributed by atoms with Gasteiger partial charge in [0, 0.05) is 11.1 Å². The molecule has 2 N–H and O–H groups in total. The second kappa shape index (κ2) is 6.74. The van der Waals surface area contributed by atoms with E-state index in [4.69, 9.17) is 16.1 Å². The number of nitrogens with zero attached hydrogens (tertiary/aromatic N) is 1. The Hall–Kier alpha value is -3.19. The maximum Gasteiger partial charge on any atom is 0.337 e. The van der Waals surface area contributed by atoms with Crippen LogP contribution in [0.15, 0.2) is 53.1 Å². The summed E-state index contributed by atoms with van der Waals surface area (Å²) < 4.78 is 18.7. The highest BCUT2D eigenvalue weighted by atomic mass is 35.5. The van der Waals surface area contributed by atoms with Gasteiger partial charge in [0.05, 0.1) is 16.8 Å². The van der Waals surface area contributed by atoms with Gasteiger partial charge in [0.15, 0.2) is 11.5 Å². The van der Waals surface area contributed by atoms with E-state index >= 15 is 0 Å². The van der Waals surface area contributed by atoms with Crippen LogP contribution < -0.4 is 5.32 Å². The number of benzene rings is 2. The van der Waals surface area contributed by atoms with Gasteiger partial charge in [-0.2, -0.15) is 0 Å². The number of carbonyl (C=O) groups excluding carboxylic acids is 1. The summed E-state index contributed by atoms with van der Waals surface area (Å²) >= 11 is 5.76. The molecule has 6 nitrogen and oxygen atoms in total. The second-order valence-electron chi connectivity index (χ2n) is 5.01. The first-order valence-corrected chi connectivity index (χ1v) is 7.39. The van der Waals surface area contributed by atoms with Gasteiger partial charge in [0.2, 0.25) is 0 Å². The maximum absolute atomic E-state index is 13.7. The number of halogens is 2. The van der Waals surface area contributed by atoms with E-state index < -0.39 is 17.7 Å². The van der Waals surface area contributed by atoms with Crippen LogP contribution in [0.25, 0.3) is 11.3 Å². The molecule has 0 spiro atoms. The molecule has 0 atom stereocenters. The fourth-order valence-corrected chi connectivity index (χ4v) is 2.33. The molecule has 25 heavy (non-hydrogen) atoms. The molecule has 0 radical (unpaired) electrons. The van der Waals surface area contributed by atoms with E-state index in [1.807, 2.05) is 0 Å². The van der Waals surface area contributed by atoms with E-state index in [1.54, 1.807) is 6.07 Å². The zero-order valence-corrected chi connectivity index (χ0v) is 13.2. The number of hydrogen-bond acceptors (Lipinski definition) is 4. The molecule has 3 rings (SSSR count). The van der Waals surface area contributed by atoms with Crippen LogP contribution in [0, 0.1) is 5.82 Å². The van der Waals surface area contributed by atoms with Crippen molar-refractivity contribution in [1.82, 2.24) is 5.16 Å². The molecule has 0 saturated heterocycles. The summed E-state index contributed by atoms with van der Waals surface area (Å²) in [6.07, 6.45) is 0. The highest BCUT2D eigenvalue weighted by Crippen LogP contribution is 2.25. The summed E-state index contributed by atoms with van der Waals surface area (Å²) in [5.74, 6) is -2.38. The number of aromatic nitrogens is 1. The Bertz CT molecular complexity index is 971. The topological polar surface area (TPSA) is 92.4 Å². The van der Waals surface area contributed by atoms with Crippen LogP contribution in [0.5, 0.6) is 0 Å². The first-order chi connectivity index (χ1) is 12.0. The SMILES string of the molecule is O=C(Nc1ccc(Cl)cc1C(=O)O)c1cc(-c2ccccc2F)on1. The van der Waals surface area contributed by atoms with Crippen molar-refractivity contribution in [2.45, 2.75) is 0 Å². The summed E-state index contributed by atoms with van der Waals surface area (Å²) in [6.45, 7) is 0. The van der Waals surface area contributed by atoms with Crippen molar-refractivity contribution in [3.8, 4) is 11.3 Å². The lowest BCUT2D eigenvalue weighted by molar-refractivity contribution is 0.0698. The Balaban J connectivity index is 1.86. The Kier molecular flexibility index (Phi) is 4.49. The third kappa shape index (κ3) is 3.51. The molecule has 2 aromatic carbocycles. The lowest BCUT2D eigenvalue weighted by atomic mass is 10.1. The van der Waals surface area contributed by atoms with Crippen molar-refractivity contribution < 1.29 is 23.6 Å². The summed E-state index contributed by atoms with van der Waals surface area (Å²) in [5, 5.41) is 15.4. The van der Waals surface area contributed by atoms with E-state index in [2.05, 4.69) is 10.5 Å². The fourth-order valence-electron chi connectivity index (χ4n) is 2.16. The molecular formula is C17H10ClFN2O4. The van der Waals surface area contributed by atoms with E-state index in [1.165, 1.54) is 42.5 Å². The summed E-state index contributed by atoms with van der Waals surface area (Å²) in [7, 11) is 0. The van der Waals surface area contributed by atoms with Crippen molar-refractivity contribution in [2.75, 3.05) is 5.32 Å². The summed E-state index contributed by atoms with van der Waals surface area (Å²) in [4.78, 5) is 23.5. The molecule has 3 aromatic rings. The number of anilines is 1. The first-order valence-electron chi connectivity index (χ1n) is 7.01. The molecule has 0 saturated carbocycles. The number of rotatable bonds is 4. The molecular weight excluding hydrogens is 351 g/mol. The van der Waals surface area contributed by atoms with Gasteiger partial charge in [-0.25, -0.2) is 9.18 Å². The Morgan fingerprint density at radius 1 is 1.16 bits per heavy atom. The van der Waals surface area contributed by atoms with Gasteiger partial charge >= 0.3 is 5.97 Å². The second-order valence-corrected chi connectivity index (χ2v) is 5.44. The standard InChI is InChI=1S/C17H10ClFN2O4/c18-9-5-6-13(11(7-9)17(23)24)20-16(22)14-8-15(25-21-14)10-3-1-2-4-12(10)19/h1-8H,(H,20,22)(H,23,24). The predicted octanol–water partition coefficient (Wildman–Crippen LogP) is 4.08. The van der Waals surface area contributed by atoms with Gasteiger partial charge < -0.3 is 14.9 Å². The van der Waals surface area contributed by atoms with Crippen LogP contribution in [0.4, 0.5) is 10.1 Å². The zero-order valence-electron chi connectivity index (χ0n) is 12.5. The minimum Gasteiger partial charge on any atom is -0.478 e. The van der Waals surface area contributed by atoms with Crippen LogP contribution in [0.1, 0.15) is 20.8 Å². The summed E-state index contributed by atoms with van der Waals surface area (Å²) in [5.41, 5.74) is -0.0766. The highest BCUT2D eigenvalue weighted by molar-refractivity contribution is 6.31. The predicted molar refractivity (Wildman–Crippen MR) is 88.3 cm³/mol. The van der Waals surface area contributed by atoms with Crippen LogP contribution in [0.2, 0.25) is 5.02 Å². The van der Waals surface area contributed by atoms with Crippen molar-refractivity contribution in [2.24, 2.45) is 0 Å². The number of carboxylic acid groups (broad SMARTS) is 1. The van der Waals surface area contributed by atoms with Crippen LogP contribution in [0.3, 0.4) is 0 Å². The number of nitrogens with one attached hydrogen (secondary N) is 1. The van der Waals surface area contributed by atoms with Crippen LogP contribution in [-0.2, 0) is 0 Å². The van der Waals surface area contributed by atoms with Crippen molar-refractivity contribution in [3.05, 3.63) is 70.6 Å². The van der Waals surface area contributed by atoms with Gasteiger partial charge in [-0.1, -0.05) is 28.9 Å². The molecule has 0 bridgehead atoms. The molecule has 0 fully saturated rings. The van der Waals surface area contributed by atoms with Gasteiger partial charge in [-0.3, -0.25) is 4.79 Å². The zero-order chi connectivity index (χ0) is 18.0. The third-order valence-electron chi connectivity index (χ3n) is 3.34. The normalized spacial score (nSPS) is 10.5. The Labute approximate surface area is 145 Å². The first kappa shape index (κ1) is 16.7. The lowest BCUT2D eigenvalue weighted by Crippen LogP contribution is -2.15. The number of hydrogen-bond donors (Lipinski definition) is 2. The minimum absolute atomic E-state index is 0.0531. The Morgan fingerprint density at radius 2 is 1.92 bits per heavy atom. The monoisotopic (exact) mass is 360 g/mol. The molecule has 126 valence electrons. The molecule has 0 aliphatic rings. The van der Waals surface area contributed by atoms with Crippen molar-refractivity contribution in [1.29, 1.82) is 0 Å². The quantitative estimate of drug-likeness (QED) is 0.731. The van der Waals surface area contributed by atoms with E-state index in [0.29, 0.717) is 0 Å². The molecule has 0 aliphatic carbocycles. The van der Waals surface area contributed by atoms with Crippen molar-refractivity contribution in [3.63, 3.8) is 0 Å². The Morgan fingerprint density at radius 3 is 2.64 bits per heavy atom. The van der Waals surface area contributed by atoms with E-state index in [9.17, 15) is 19.1 Å². The van der Waals surface area contributed by atoms with Gasteiger partial charge in [-0.05, 0) is 30.3 Å². The molecule has 1 aromatic heterocycles. The minimum atomic E-state index is -1.25. The van der Waals surface area contributed by atoms with E-state index in [0.717, 1.165) is 0 Å².